The van der Waals surface area contributed by atoms with E-state index in [0.29, 0.717) is 0 Å². The molecule has 9 heteroatoms. The van der Waals surface area contributed by atoms with Gasteiger partial charge in [0.05, 0.1) is 6.61 Å². The van der Waals surface area contributed by atoms with Gasteiger partial charge in [0, 0.05) is 5.56 Å². The van der Waals surface area contributed by atoms with Crippen molar-refractivity contribution in [3.05, 3.63) is 29.8 Å². The lowest BCUT2D eigenvalue weighted by molar-refractivity contribution is -0.238. The molecule has 1 aromatic carbocycles. The number of amides is 1. The van der Waals surface area contributed by atoms with Crippen LogP contribution in [-0.2, 0) is 4.74 Å². The van der Waals surface area contributed by atoms with E-state index in [2.05, 4.69) is 10.9 Å². The van der Waals surface area contributed by atoms with Gasteiger partial charge in [-0.15, -0.1) is 0 Å². The topological polar surface area (TPSA) is 152 Å². The van der Waals surface area contributed by atoms with Crippen molar-refractivity contribution in [2.75, 3.05) is 6.61 Å². The fourth-order valence-electron chi connectivity index (χ4n) is 2.04. The number of rotatable bonds is 4. The quantitative estimate of drug-likeness (QED) is 0.299. The third-order valence-electron chi connectivity index (χ3n) is 3.35. The van der Waals surface area contributed by atoms with Crippen LogP contribution in [-0.4, -0.2) is 68.7 Å². The van der Waals surface area contributed by atoms with E-state index in [0.717, 1.165) is 0 Å². The van der Waals surface area contributed by atoms with Gasteiger partial charge in [-0.05, 0) is 24.3 Å². The summed E-state index contributed by atoms with van der Waals surface area (Å²) in [6, 6.07) is 5.45. The van der Waals surface area contributed by atoms with E-state index in [4.69, 9.17) is 14.9 Å². The first-order valence-electron chi connectivity index (χ1n) is 6.59. The van der Waals surface area contributed by atoms with Gasteiger partial charge >= 0.3 is 0 Å². The Kier molecular flexibility index (Phi) is 5.29. The molecule has 0 unspecified atom stereocenters. The molecule has 1 amide bonds. The number of nitrogens with one attached hydrogen (secondary N) is 2. The van der Waals surface area contributed by atoms with E-state index < -0.39 is 43.2 Å². The second-order valence-electron chi connectivity index (χ2n) is 4.89. The number of hydrazine groups is 1. The van der Waals surface area contributed by atoms with Crippen molar-refractivity contribution in [3.63, 3.8) is 0 Å². The number of aliphatic hydroxyl groups excluding tert-OH is 4. The van der Waals surface area contributed by atoms with Crippen molar-refractivity contribution in [3.8, 4) is 5.75 Å². The molecule has 9 nitrogen and oxygen atoms in total. The van der Waals surface area contributed by atoms with Crippen LogP contribution in [0, 0.1) is 0 Å². The highest BCUT2D eigenvalue weighted by Crippen LogP contribution is 2.19. The third kappa shape index (κ3) is 3.53. The highest BCUT2D eigenvalue weighted by Gasteiger charge is 2.43. The van der Waals surface area contributed by atoms with Crippen LogP contribution in [0.4, 0.5) is 0 Å². The Balaban J connectivity index is 1.95. The fraction of sp³-hybridized carbons (Fsp3) is 0.462. The molecule has 0 aromatic heterocycles. The highest BCUT2D eigenvalue weighted by atomic mass is 16.6. The Morgan fingerprint density at radius 1 is 1.09 bits per heavy atom. The Bertz CT molecular complexity index is 508. The molecule has 0 spiro atoms. The van der Waals surface area contributed by atoms with Crippen molar-refractivity contribution < 1.29 is 35.1 Å². The monoisotopic (exact) mass is 314 g/mol. The lowest BCUT2D eigenvalue weighted by atomic mass is 9.99. The zero-order valence-electron chi connectivity index (χ0n) is 11.5. The summed E-state index contributed by atoms with van der Waals surface area (Å²) in [5.74, 6) is -0.546. The van der Waals surface area contributed by atoms with Gasteiger partial charge < -0.3 is 30.3 Å². The van der Waals surface area contributed by atoms with Gasteiger partial charge in [0.25, 0.3) is 5.91 Å². The summed E-state index contributed by atoms with van der Waals surface area (Å²) in [4.78, 5) is 11.8. The molecule has 7 N–H and O–H groups in total. The molecule has 5 atom stereocenters. The van der Waals surface area contributed by atoms with Gasteiger partial charge in [0.1, 0.15) is 30.2 Å². The third-order valence-corrected chi connectivity index (χ3v) is 3.35. The standard InChI is InChI=1S/C13H18N2O7/c16-5-8-9(18)10(19)11(20)13(22-8)15-14-12(21)6-1-3-7(17)4-2-6/h1-4,8-11,13,15-20H,5H2,(H,14,21)/t8-,9+,10+,11-,13+/m0/s1. The molecular weight excluding hydrogens is 296 g/mol. The Morgan fingerprint density at radius 2 is 1.73 bits per heavy atom. The number of aromatic hydroxyl groups is 1. The summed E-state index contributed by atoms with van der Waals surface area (Å²) in [6.07, 6.45) is -6.78. The van der Waals surface area contributed by atoms with E-state index in [1.54, 1.807) is 0 Å². The number of ether oxygens (including phenoxy) is 1. The van der Waals surface area contributed by atoms with E-state index in [1.807, 2.05) is 0 Å². The molecule has 0 bridgehead atoms. The second-order valence-corrected chi connectivity index (χ2v) is 4.89. The Morgan fingerprint density at radius 3 is 2.32 bits per heavy atom. The number of carbonyl (C=O) groups is 1. The molecule has 0 aliphatic carbocycles. The molecule has 1 heterocycles. The van der Waals surface area contributed by atoms with Gasteiger partial charge in [0.15, 0.2) is 6.23 Å². The molecule has 122 valence electrons. The molecule has 22 heavy (non-hydrogen) atoms. The summed E-state index contributed by atoms with van der Waals surface area (Å²) < 4.78 is 5.16. The van der Waals surface area contributed by atoms with E-state index in [9.17, 15) is 20.1 Å². The predicted octanol–water partition coefficient (Wildman–Crippen LogP) is -2.57. The SMILES string of the molecule is O=C(NN[C@@H]1O[C@@H](CO)[C@@H](O)[C@@H](O)[C@@H]1O)c1ccc(O)cc1. The lowest BCUT2D eigenvalue weighted by Crippen LogP contribution is -2.64. The van der Waals surface area contributed by atoms with Gasteiger partial charge in [-0.25, -0.2) is 5.43 Å². The fourth-order valence-corrected chi connectivity index (χ4v) is 2.04. The summed E-state index contributed by atoms with van der Waals surface area (Å²) in [6.45, 7) is -0.560. The minimum atomic E-state index is -1.53. The van der Waals surface area contributed by atoms with Crippen LogP contribution >= 0.6 is 0 Å². The maximum atomic E-state index is 11.8. The van der Waals surface area contributed by atoms with Crippen molar-refractivity contribution >= 4 is 5.91 Å². The van der Waals surface area contributed by atoms with Crippen LogP contribution in [0.1, 0.15) is 10.4 Å². The minimum Gasteiger partial charge on any atom is -0.508 e. The lowest BCUT2D eigenvalue weighted by Gasteiger charge is -2.40. The summed E-state index contributed by atoms with van der Waals surface area (Å²) in [5.41, 5.74) is 4.90. The molecule has 1 saturated heterocycles. The largest absolute Gasteiger partial charge is 0.508 e. The number of hydrogen-bond donors (Lipinski definition) is 7. The predicted molar refractivity (Wildman–Crippen MR) is 72.5 cm³/mol. The number of phenolic OH excluding ortho intramolecular Hbond substituents is 1. The van der Waals surface area contributed by atoms with E-state index in [-0.39, 0.29) is 11.3 Å². The number of phenols is 1. The number of benzene rings is 1. The molecule has 1 aliphatic heterocycles. The summed E-state index contributed by atoms with van der Waals surface area (Å²) in [7, 11) is 0. The zero-order chi connectivity index (χ0) is 16.3. The average Bonchev–Trinajstić information content (AvgIpc) is 2.52. The van der Waals surface area contributed by atoms with Gasteiger partial charge in [-0.3, -0.25) is 10.2 Å². The number of hydrogen-bond acceptors (Lipinski definition) is 8. The first-order chi connectivity index (χ1) is 10.4. The summed E-state index contributed by atoms with van der Waals surface area (Å²) in [5, 5.41) is 47.2. The van der Waals surface area contributed by atoms with Gasteiger partial charge in [-0.2, -0.15) is 0 Å². The molecule has 2 rings (SSSR count). The van der Waals surface area contributed by atoms with E-state index in [1.165, 1.54) is 24.3 Å². The van der Waals surface area contributed by atoms with Crippen LogP contribution in [0.15, 0.2) is 24.3 Å². The molecular formula is C13H18N2O7. The minimum absolute atomic E-state index is 0.0124. The van der Waals surface area contributed by atoms with Crippen LogP contribution in [0.2, 0.25) is 0 Å². The zero-order valence-corrected chi connectivity index (χ0v) is 11.5. The molecule has 0 saturated carbocycles. The second kappa shape index (κ2) is 7.01. The van der Waals surface area contributed by atoms with Crippen LogP contribution in [0.3, 0.4) is 0 Å². The van der Waals surface area contributed by atoms with Crippen LogP contribution in [0.5, 0.6) is 5.75 Å². The van der Waals surface area contributed by atoms with Crippen molar-refractivity contribution in [2.45, 2.75) is 30.6 Å². The summed E-state index contributed by atoms with van der Waals surface area (Å²) >= 11 is 0. The Hall–Kier alpha value is -1.75. The molecule has 0 radical (unpaired) electrons. The molecule has 1 aliphatic rings. The highest BCUT2D eigenvalue weighted by molar-refractivity contribution is 5.93. The first-order valence-corrected chi connectivity index (χ1v) is 6.59. The van der Waals surface area contributed by atoms with Gasteiger partial charge in [0.2, 0.25) is 0 Å². The maximum Gasteiger partial charge on any atom is 0.265 e. The average molecular weight is 314 g/mol. The maximum absolute atomic E-state index is 11.8. The smallest absolute Gasteiger partial charge is 0.265 e. The first kappa shape index (κ1) is 16.6. The normalized spacial score (nSPS) is 31.7. The molecule has 1 aromatic rings. The number of carbonyl (C=O) groups excluding carboxylic acids is 1. The van der Waals surface area contributed by atoms with Gasteiger partial charge in [-0.1, -0.05) is 0 Å². The van der Waals surface area contributed by atoms with Crippen LogP contribution < -0.4 is 10.9 Å². The number of aliphatic hydroxyl groups is 4. The molecule has 1 fully saturated rings. The van der Waals surface area contributed by atoms with E-state index >= 15 is 0 Å². The van der Waals surface area contributed by atoms with Crippen LogP contribution in [0.25, 0.3) is 0 Å². The van der Waals surface area contributed by atoms with Crippen molar-refractivity contribution in [1.82, 2.24) is 10.9 Å². The Labute approximate surface area is 125 Å². The van der Waals surface area contributed by atoms with Crippen molar-refractivity contribution in [2.24, 2.45) is 0 Å². The van der Waals surface area contributed by atoms with Crippen molar-refractivity contribution in [1.29, 1.82) is 0 Å².